The van der Waals surface area contributed by atoms with E-state index in [0.717, 1.165) is 6.42 Å². The van der Waals surface area contributed by atoms with Crippen LogP contribution in [0.3, 0.4) is 0 Å². The van der Waals surface area contributed by atoms with Crippen molar-refractivity contribution in [2.75, 3.05) is 18.9 Å². The molecule has 1 aliphatic heterocycles. The summed E-state index contributed by atoms with van der Waals surface area (Å²) in [4.78, 5) is 4.62. The zero-order valence-electron chi connectivity index (χ0n) is 10.9. The van der Waals surface area contributed by atoms with Crippen LogP contribution >= 0.6 is 11.3 Å². The molecule has 0 radical (unpaired) electrons. The van der Waals surface area contributed by atoms with Crippen molar-refractivity contribution in [3.8, 4) is 0 Å². The normalized spacial score (nSPS) is 23.6. The molecular weight excluding hydrogens is 300 g/mol. The van der Waals surface area contributed by atoms with E-state index in [-0.39, 0.29) is 22.9 Å². The van der Waals surface area contributed by atoms with E-state index in [0.29, 0.717) is 18.1 Å². The second-order valence-corrected chi connectivity index (χ2v) is 7.39. The van der Waals surface area contributed by atoms with Crippen LogP contribution in [0, 0.1) is 5.92 Å². The highest BCUT2D eigenvalue weighted by atomic mass is 32.2. The highest BCUT2D eigenvalue weighted by Gasteiger charge is 2.29. The minimum atomic E-state index is -3.68. The van der Waals surface area contributed by atoms with Gasteiger partial charge in [0, 0.05) is 30.6 Å². The van der Waals surface area contributed by atoms with E-state index in [2.05, 4.69) is 9.71 Å². The van der Waals surface area contributed by atoms with E-state index in [4.69, 9.17) is 10.5 Å². The Hall–Kier alpha value is -1.16. The van der Waals surface area contributed by atoms with Gasteiger partial charge in [0.1, 0.15) is 0 Å². The molecule has 2 aromatic rings. The van der Waals surface area contributed by atoms with Gasteiger partial charge < -0.3 is 10.5 Å². The molecule has 1 fully saturated rings. The first kappa shape index (κ1) is 13.8. The minimum Gasteiger partial charge on any atom is -0.381 e. The molecule has 3 N–H and O–H groups in total. The summed E-state index contributed by atoms with van der Waals surface area (Å²) in [5.74, 6) is 0.219. The minimum absolute atomic E-state index is 0.0142. The number of fused-ring (bicyclic) bond motifs is 1. The fourth-order valence-corrected chi connectivity index (χ4v) is 4.45. The Labute approximate surface area is 120 Å². The van der Waals surface area contributed by atoms with Gasteiger partial charge in [0.25, 0.3) is 10.0 Å². The number of nitrogens with two attached hydrogens (primary N) is 1. The fraction of sp³-hybridized carbons (Fsp3) is 0.545. The maximum absolute atomic E-state index is 12.4. The van der Waals surface area contributed by atoms with Crippen LogP contribution in [0.25, 0.3) is 4.96 Å². The van der Waals surface area contributed by atoms with E-state index in [1.807, 2.05) is 6.92 Å². The van der Waals surface area contributed by atoms with Crippen molar-refractivity contribution >= 4 is 32.1 Å². The van der Waals surface area contributed by atoms with Crippen LogP contribution in [0.1, 0.15) is 13.3 Å². The van der Waals surface area contributed by atoms with E-state index in [9.17, 15) is 8.42 Å². The van der Waals surface area contributed by atoms with E-state index in [1.54, 1.807) is 11.6 Å². The number of thiazole rings is 1. The maximum Gasteiger partial charge on any atom is 0.260 e. The van der Waals surface area contributed by atoms with Crippen LogP contribution in [-0.4, -0.2) is 37.1 Å². The predicted octanol–water partition coefficient (Wildman–Crippen LogP) is 0.681. The third-order valence-corrected chi connectivity index (χ3v) is 5.79. The molecule has 7 nitrogen and oxygen atoms in total. The molecule has 9 heteroatoms. The lowest BCUT2D eigenvalue weighted by Gasteiger charge is -2.14. The summed E-state index contributed by atoms with van der Waals surface area (Å²) in [6, 6.07) is 0. The number of aromatic nitrogens is 2. The molecule has 1 aliphatic rings. The van der Waals surface area contributed by atoms with Crippen molar-refractivity contribution in [3.63, 3.8) is 0 Å². The van der Waals surface area contributed by atoms with Crippen molar-refractivity contribution in [2.45, 2.75) is 24.5 Å². The van der Waals surface area contributed by atoms with Crippen LogP contribution in [-0.2, 0) is 14.8 Å². The smallest absolute Gasteiger partial charge is 0.260 e. The number of imidazole rings is 1. The lowest BCUT2D eigenvalue weighted by Crippen LogP contribution is -2.33. The number of nitrogen functional groups attached to an aromatic ring is 1. The third-order valence-electron chi connectivity index (χ3n) is 3.57. The number of anilines is 1. The van der Waals surface area contributed by atoms with Gasteiger partial charge in [0.05, 0.1) is 6.10 Å². The first-order valence-corrected chi connectivity index (χ1v) is 8.67. The number of hydrogen-bond acceptors (Lipinski definition) is 6. The average Bonchev–Trinajstić information content (AvgIpc) is 3.02. The summed E-state index contributed by atoms with van der Waals surface area (Å²) in [5, 5.41) is 1.79. The molecule has 110 valence electrons. The topological polar surface area (TPSA) is 98.7 Å². The highest BCUT2D eigenvalue weighted by Crippen LogP contribution is 2.24. The molecule has 2 atom stereocenters. The number of hydrogen-bond donors (Lipinski definition) is 2. The summed E-state index contributed by atoms with van der Waals surface area (Å²) < 4.78 is 34.3. The molecule has 0 bridgehead atoms. The number of nitrogens with zero attached hydrogens (tertiary/aromatic N) is 2. The van der Waals surface area contributed by atoms with Gasteiger partial charge in [-0.1, -0.05) is 0 Å². The van der Waals surface area contributed by atoms with E-state index in [1.165, 1.54) is 15.7 Å². The van der Waals surface area contributed by atoms with Gasteiger partial charge in [-0.2, -0.15) is 0 Å². The van der Waals surface area contributed by atoms with Crippen molar-refractivity contribution in [2.24, 2.45) is 5.92 Å². The number of rotatable bonds is 4. The van der Waals surface area contributed by atoms with E-state index >= 15 is 0 Å². The molecule has 0 amide bonds. The number of ether oxygens (including phenoxy) is 1. The number of sulfonamides is 1. The lowest BCUT2D eigenvalue weighted by atomic mass is 10.0. The molecule has 0 spiro atoms. The van der Waals surface area contributed by atoms with Gasteiger partial charge in [-0.3, -0.25) is 4.40 Å². The molecule has 2 aromatic heterocycles. The highest BCUT2D eigenvalue weighted by molar-refractivity contribution is 7.89. The molecule has 0 aromatic carbocycles. The molecule has 2 unspecified atom stereocenters. The zero-order valence-corrected chi connectivity index (χ0v) is 12.6. The summed E-state index contributed by atoms with van der Waals surface area (Å²) >= 11 is 1.34. The van der Waals surface area contributed by atoms with E-state index < -0.39 is 10.0 Å². The van der Waals surface area contributed by atoms with Gasteiger partial charge in [-0.25, -0.2) is 18.1 Å². The Morgan fingerprint density at radius 2 is 2.45 bits per heavy atom. The Morgan fingerprint density at radius 1 is 1.65 bits per heavy atom. The Balaban J connectivity index is 1.84. The van der Waals surface area contributed by atoms with Crippen molar-refractivity contribution in [1.29, 1.82) is 0 Å². The second-order valence-electron chi connectivity index (χ2n) is 4.83. The standard InChI is InChI=1S/C11H16N4O3S2/c1-7-8(2-4-18-7)6-13-20(16,17)10-9(12)14-11-15(10)3-5-19-11/h3,5,7-8,13H,2,4,6,12H2,1H3. The monoisotopic (exact) mass is 316 g/mol. The SMILES string of the molecule is CC1OCCC1CNS(=O)(=O)c1c(N)nc2sccn12. The zero-order chi connectivity index (χ0) is 14.3. The molecular formula is C11H16N4O3S2. The summed E-state index contributed by atoms with van der Waals surface area (Å²) in [5.41, 5.74) is 5.73. The Kier molecular flexibility index (Phi) is 3.44. The predicted molar refractivity (Wildman–Crippen MR) is 76.2 cm³/mol. The number of nitrogens with one attached hydrogen (secondary N) is 1. The molecule has 3 heterocycles. The Bertz CT molecular complexity index is 721. The summed E-state index contributed by atoms with van der Waals surface area (Å²) in [7, 11) is -3.68. The van der Waals surface area contributed by atoms with Gasteiger partial charge in [-0.15, -0.1) is 11.3 Å². The van der Waals surface area contributed by atoms with Crippen LogP contribution in [0.15, 0.2) is 16.6 Å². The van der Waals surface area contributed by atoms with Gasteiger partial charge >= 0.3 is 0 Å². The Morgan fingerprint density at radius 3 is 3.15 bits per heavy atom. The van der Waals surface area contributed by atoms with Crippen molar-refractivity contribution < 1.29 is 13.2 Å². The first-order valence-electron chi connectivity index (χ1n) is 6.31. The van der Waals surface area contributed by atoms with Crippen LogP contribution in [0.5, 0.6) is 0 Å². The second kappa shape index (κ2) is 4.99. The van der Waals surface area contributed by atoms with Gasteiger partial charge in [-0.05, 0) is 13.3 Å². The average molecular weight is 316 g/mol. The molecule has 0 saturated carbocycles. The van der Waals surface area contributed by atoms with Gasteiger partial charge in [0.15, 0.2) is 15.8 Å². The van der Waals surface area contributed by atoms with Crippen LogP contribution in [0.2, 0.25) is 0 Å². The molecule has 20 heavy (non-hydrogen) atoms. The summed E-state index contributed by atoms with van der Waals surface area (Å²) in [6.07, 6.45) is 2.58. The van der Waals surface area contributed by atoms with Gasteiger partial charge in [0.2, 0.25) is 0 Å². The molecule has 1 saturated heterocycles. The first-order chi connectivity index (χ1) is 9.49. The third kappa shape index (κ3) is 2.30. The van der Waals surface area contributed by atoms with Crippen molar-refractivity contribution in [1.82, 2.24) is 14.1 Å². The summed E-state index contributed by atoms with van der Waals surface area (Å²) in [6.45, 7) is 2.98. The molecule has 0 aliphatic carbocycles. The van der Waals surface area contributed by atoms with Crippen molar-refractivity contribution in [3.05, 3.63) is 11.6 Å². The lowest BCUT2D eigenvalue weighted by molar-refractivity contribution is 0.107. The van der Waals surface area contributed by atoms with Crippen LogP contribution in [0.4, 0.5) is 5.82 Å². The fourth-order valence-electron chi connectivity index (χ4n) is 2.38. The molecule has 3 rings (SSSR count). The quantitative estimate of drug-likeness (QED) is 0.864. The van der Waals surface area contributed by atoms with Crippen LogP contribution < -0.4 is 10.5 Å². The largest absolute Gasteiger partial charge is 0.381 e. The maximum atomic E-state index is 12.4.